The number of hydrogen-bond donors (Lipinski definition) is 1. The van der Waals surface area contributed by atoms with Crippen molar-refractivity contribution in [3.63, 3.8) is 0 Å². The molecule has 0 heterocycles. The largest absolute Gasteiger partial charge is 0.466 e. The Kier molecular flexibility index (Phi) is 6.33. The highest BCUT2D eigenvalue weighted by Crippen LogP contribution is 2.26. The van der Waals surface area contributed by atoms with Crippen molar-refractivity contribution in [1.82, 2.24) is 0 Å². The summed E-state index contributed by atoms with van der Waals surface area (Å²) in [5.41, 5.74) is 6.19. The first kappa shape index (κ1) is 15.5. The van der Waals surface area contributed by atoms with Crippen molar-refractivity contribution in [2.75, 3.05) is 12.3 Å². The Bertz CT molecular complexity index is 421. The fourth-order valence-corrected chi connectivity index (χ4v) is 2.02. The summed E-state index contributed by atoms with van der Waals surface area (Å²) in [6.07, 6.45) is 3.72. The predicted molar refractivity (Wildman–Crippen MR) is 74.3 cm³/mol. The Morgan fingerprint density at radius 1 is 1.37 bits per heavy atom. The van der Waals surface area contributed by atoms with Gasteiger partial charge in [-0.3, -0.25) is 4.79 Å². The molecule has 106 valence electrons. The minimum atomic E-state index is -0.484. The lowest BCUT2D eigenvalue weighted by atomic mass is 9.93. The second-order valence-electron chi connectivity index (χ2n) is 4.58. The minimum Gasteiger partial charge on any atom is -0.466 e. The molecule has 1 unspecified atom stereocenters. The smallest absolute Gasteiger partial charge is 0.313 e. The number of anilines is 1. The summed E-state index contributed by atoms with van der Waals surface area (Å²) in [6.45, 7) is 4.20. The zero-order valence-corrected chi connectivity index (χ0v) is 11.6. The highest BCUT2D eigenvalue weighted by Gasteiger charge is 2.22. The van der Waals surface area contributed by atoms with Crippen LogP contribution in [-0.2, 0) is 9.53 Å². The number of benzene rings is 1. The number of ether oxygens (including phenoxy) is 1. The first-order valence-corrected chi connectivity index (χ1v) is 6.81. The molecule has 1 rings (SSSR count). The molecule has 0 bridgehead atoms. The van der Waals surface area contributed by atoms with Crippen LogP contribution in [0.15, 0.2) is 18.2 Å². The number of nitrogen functional groups attached to an aromatic ring is 1. The fourth-order valence-electron chi connectivity index (χ4n) is 2.02. The average molecular weight is 267 g/mol. The van der Waals surface area contributed by atoms with Crippen LogP contribution in [0.25, 0.3) is 0 Å². The Morgan fingerprint density at radius 3 is 2.68 bits per heavy atom. The summed E-state index contributed by atoms with van der Waals surface area (Å²) in [5, 5.41) is 0. The third-order valence-corrected chi connectivity index (χ3v) is 3.09. The predicted octanol–water partition coefficient (Wildman–Crippen LogP) is 3.63. The van der Waals surface area contributed by atoms with Crippen LogP contribution in [0.4, 0.5) is 10.1 Å². The zero-order valence-electron chi connectivity index (χ0n) is 11.6. The minimum absolute atomic E-state index is 0.0971. The number of unbranched alkanes of at least 4 members (excludes halogenated alkanes) is 2. The van der Waals surface area contributed by atoms with E-state index in [1.54, 1.807) is 13.0 Å². The molecule has 0 aromatic heterocycles. The van der Waals surface area contributed by atoms with E-state index in [1.165, 1.54) is 12.1 Å². The van der Waals surface area contributed by atoms with Crippen molar-refractivity contribution >= 4 is 11.7 Å². The van der Waals surface area contributed by atoms with E-state index in [4.69, 9.17) is 10.5 Å². The number of nitrogens with two attached hydrogens (primary N) is 1. The van der Waals surface area contributed by atoms with E-state index in [0.29, 0.717) is 18.6 Å². The molecule has 0 saturated carbocycles. The average Bonchev–Trinajstić information content (AvgIpc) is 2.38. The lowest BCUT2D eigenvalue weighted by Crippen LogP contribution is -2.16. The molecule has 0 radical (unpaired) electrons. The Hall–Kier alpha value is -1.58. The molecule has 0 spiro atoms. The maximum Gasteiger partial charge on any atom is 0.313 e. The lowest BCUT2D eigenvalue weighted by Gasteiger charge is -2.16. The fraction of sp³-hybridized carbons (Fsp3) is 0.533. The summed E-state index contributed by atoms with van der Waals surface area (Å²) in [6, 6.07) is 4.53. The molecule has 2 N–H and O–H groups in total. The number of carbonyl (C=O) groups excluding carboxylic acids is 1. The van der Waals surface area contributed by atoms with Gasteiger partial charge in [0.2, 0.25) is 0 Å². The van der Waals surface area contributed by atoms with E-state index in [9.17, 15) is 9.18 Å². The van der Waals surface area contributed by atoms with Gasteiger partial charge in [0.25, 0.3) is 0 Å². The normalized spacial score (nSPS) is 12.2. The van der Waals surface area contributed by atoms with Crippen LogP contribution in [0.3, 0.4) is 0 Å². The van der Waals surface area contributed by atoms with E-state index >= 15 is 0 Å². The van der Waals surface area contributed by atoms with Gasteiger partial charge < -0.3 is 10.5 Å². The summed E-state index contributed by atoms with van der Waals surface area (Å²) < 4.78 is 18.6. The standard InChI is InChI=1S/C15H22FNO2/c1-3-5-6-7-12(15(18)19-4-2)11-8-9-14(17)13(16)10-11/h8-10,12H,3-7,17H2,1-2H3. The van der Waals surface area contributed by atoms with Crippen LogP contribution in [0.2, 0.25) is 0 Å². The van der Waals surface area contributed by atoms with Crippen LogP contribution in [0.1, 0.15) is 51.0 Å². The maximum atomic E-state index is 13.5. The number of halogens is 1. The van der Waals surface area contributed by atoms with Gasteiger partial charge in [-0.05, 0) is 31.0 Å². The molecule has 0 aliphatic carbocycles. The van der Waals surface area contributed by atoms with Crippen molar-refractivity contribution < 1.29 is 13.9 Å². The van der Waals surface area contributed by atoms with Gasteiger partial charge in [0, 0.05) is 0 Å². The van der Waals surface area contributed by atoms with Crippen molar-refractivity contribution in [3.05, 3.63) is 29.6 Å². The monoisotopic (exact) mass is 267 g/mol. The first-order valence-electron chi connectivity index (χ1n) is 6.81. The lowest BCUT2D eigenvalue weighted by molar-refractivity contribution is -0.145. The number of esters is 1. The van der Waals surface area contributed by atoms with Gasteiger partial charge in [-0.2, -0.15) is 0 Å². The Labute approximate surface area is 113 Å². The molecule has 1 aromatic carbocycles. The van der Waals surface area contributed by atoms with Gasteiger partial charge in [-0.15, -0.1) is 0 Å². The van der Waals surface area contributed by atoms with Gasteiger partial charge in [-0.1, -0.05) is 32.3 Å². The second-order valence-corrected chi connectivity index (χ2v) is 4.58. The molecule has 0 amide bonds. The summed E-state index contributed by atoms with van der Waals surface area (Å²) in [5.74, 6) is -1.17. The van der Waals surface area contributed by atoms with Crippen molar-refractivity contribution in [2.24, 2.45) is 0 Å². The van der Waals surface area contributed by atoms with Gasteiger partial charge in [-0.25, -0.2) is 4.39 Å². The van der Waals surface area contributed by atoms with Crippen LogP contribution < -0.4 is 5.73 Å². The van der Waals surface area contributed by atoms with Crippen molar-refractivity contribution in [2.45, 2.75) is 45.4 Å². The van der Waals surface area contributed by atoms with Crippen LogP contribution in [0, 0.1) is 5.82 Å². The molecular weight excluding hydrogens is 245 g/mol. The van der Waals surface area contributed by atoms with E-state index in [0.717, 1.165) is 19.3 Å². The summed E-state index contributed by atoms with van der Waals surface area (Å²) >= 11 is 0. The van der Waals surface area contributed by atoms with Crippen LogP contribution >= 0.6 is 0 Å². The zero-order chi connectivity index (χ0) is 14.3. The third-order valence-electron chi connectivity index (χ3n) is 3.09. The number of hydrogen-bond acceptors (Lipinski definition) is 3. The summed E-state index contributed by atoms with van der Waals surface area (Å²) in [4.78, 5) is 12.0. The first-order chi connectivity index (χ1) is 9.10. The molecule has 3 nitrogen and oxygen atoms in total. The van der Waals surface area contributed by atoms with Gasteiger partial charge in [0.05, 0.1) is 18.2 Å². The molecule has 0 aliphatic rings. The number of carbonyl (C=O) groups is 1. The molecule has 0 saturated heterocycles. The van der Waals surface area contributed by atoms with E-state index in [-0.39, 0.29) is 11.7 Å². The molecule has 0 aliphatic heterocycles. The topological polar surface area (TPSA) is 52.3 Å². The maximum absolute atomic E-state index is 13.5. The van der Waals surface area contributed by atoms with Crippen molar-refractivity contribution in [1.29, 1.82) is 0 Å². The van der Waals surface area contributed by atoms with Gasteiger partial charge in [0.15, 0.2) is 0 Å². The van der Waals surface area contributed by atoms with E-state index in [1.807, 2.05) is 0 Å². The van der Waals surface area contributed by atoms with E-state index in [2.05, 4.69) is 6.92 Å². The molecular formula is C15H22FNO2. The Balaban J connectivity index is 2.87. The molecule has 1 atom stereocenters. The quantitative estimate of drug-likeness (QED) is 0.466. The molecule has 4 heteroatoms. The van der Waals surface area contributed by atoms with Gasteiger partial charge in [0.1, 0.15) is 5.82 Å². The molecule has 0 fully saturated rings. The summed E-state index contributed by atoms with van der Waals surface area (Å²) in [7, 11) is 0. The van der Waals surface area contributed by atoms with E-state index < -0.39 is 11.7 Å². The van der Waals surface area contributed by atoms with Crippen molar-refractivity contribution in [3.8, 4) is 0 Å². The number of rotatable bonds is 7. The second kappa shape index (κ2) is 7.77. The highest BCUT2D eigenvalue weighted by atomic mass is 19.1. The SMILES string of the molecule is CCCCCC(C(=O)OCC)c1ccc(N)c(F)c1. The highest BCUT2D eigenvalue weighted by molar-refractivity contribution is 5.78. The third kappa shape index (κ3) is 4.54. The van der Waals surface area contributed by atoms with Crippen LogP contribution in [0.5, 0.6) is 0 Å². The Morgan fingerprint density at radius 2 is 2.11 bits per heavy atom. The van der Waals surface area contributed by atoms with Gasteiger partial charge >= 0.3 is 5.97 Å². The van der Waals surface area contributed by atoms with Crippen LogP contribution in [-0.4, -0.2) is 12.6 Å². The molecule has 1 aromatic rings. The molecule has 19 heavy (non-hydrogen) atoms.